The summed E-state index contributed by atoms with van der Waals surface area (Å²) in [6, 6.07) is 18.3. The van der Waals surface area contributed by atoms with Crippen molar-refractivity contribution in [2.24, 2.45) is 5.84 Å². The molecular weight excluding hydrogens is 234 g/mol. The van der Waals surface area contributed by atoms with Gasteiger partial charge < -0.3 is 5.43 Å². The highest BCUT2D eigenvalue weighted by molar-refractivity contribution is 5.94. The monoisotopic (exact) mass is 249 g/mol. The van der Waals surface area contributed by atoms with E-state index < -0.39 is 0 Å². The smallest absolute Gasteiger partial charge is 0.0730 e. The zero-order chi connectivity index (χ0) is 13.2. The van der Waals surface area contributed by atoms with Crippen LogP contribution in [-0.4, -0.2) is 4.98 Å². The molecule has 0 atom stereocenters. The van der Waals surface area contributed by atoms with Crippen molar-refractivity contribution < 1.29 is 0 Å². The van der Waals surface area contributed by atoms with Gasteiger partial charge in [0.1, 0.15) is 0 Å². The third kappa shape index (κ3) is 2.16. The molecule has 3 N–H and O–H groups in total. The van der Waals surface area contributed by atoms with Crippen LogP contribution in [0.3, 0.4) is 0 Å². The van der Waals surface area contributed by atoms with Crippen LogP contribution in [0.5, 0.6) is 0 Å². The minimum absolute atomic E-state index is 0.896. The summed E-state index contributed by atoms with van der Waals surface area (Å²) in [6.07, 6.45) is 0. The summed E-state index contributed by atoms with van der Waals surface area (Å²) in [5.41, 5.74) is 7.81. The summed E-state index contributed by atoms with van der Waals surface area (Å²) in [6.45, 7) is 2.06. The lowest BCUT2D eigenvalue weighted by Crippen LogP contribution is -2.08. The van der Waals surface area contributed by atoms with Gasteiger partial charge in [0, 0.05) is 10.9 Å². The van der Waals surface area contributed by atoms with Crippen molar-refractivity contribution in [3.8, 4) is 11.3 Å². The SMILES string of the molecule is Cc1ccc2nc(-c3ccccc3)cc(NN)c2c1. The van der Waals surface area contributed by atoms with Crippen molar-refractivity contribution in [3.05, 3.63) is 60.2 Å². The Balaban J connectivity index is 2.26. The van der Waals surface area contributed by atoms with Gasteiger partial charge >= 0.3 is 0 Å². The highest BCUT2D eigenvalue weighted by Crippen LogP contribution is 2.28. The Labute approximate surface area is 112 Å². The van der Waals surface area contributed by atoms with Crippen molar-refractivity contribution in [3.63, 3.8) is 0 Å². The van der Waals surface area contributed by atoms with Gasteiger partial charge in [-0.3, -0.25) is 5.84 Å². The number of hydrogen-bond acceptors (Lipinski definition) is 3. The molecule has 1 heterocycles. The molecule has 94 valence electrons. The van der Waals surface area contributed by atoms with Crippen molar-refractivity contribution in [1.82, 2.24) is 4.98 Å². The molecule has 0 amide bonds. The Morgan fingerprint density at radius 3 is 2.53 bits per heavy atom. The largest absolute Gasteiger partial charge is 0.323 e. The molecule has 3 aromatic rings. The van der Waals surface area contributed by atoms with Crippen LogP contribution < -0.4 is 11.3 Å². The molecule has 3 heteroatoms. The van der Waals surface area contributed by atoms with Crippen LogP contribution in [0.4, 0.5) is 5.69 Å². The quantitative estimate of drug-likeness (QED) is 0.540. The van der Waals surface area contributed by atoms with E-state index in [1.54, 1.807) is 0 Å². The minimum atomic E-state index is 0.896. The first-order chi connectivity index (χ1) is 9.28. The van der Waals surface area contributed by atoms with Gasteiger partial charge in [-0.15, -0.1) is 0 Å². The molecule has 2 aromatic carbocycles. The molecule has 19 heavy (non-hydrogen) atoms. The van der Waals surface area contributed by atoms with E-state index in [9.17, 15) is 0 Å². The van der Waals surface area contributed by atoms with Crippen LogP contribution in [-0.2, 0) is 0 Å². The maximum absolute atomic E-state index is 5.64. The average Bonchev–Trinajstić information content (AvgIpc) is 2.47. The number of aromatic nitrogens is 1. The molecular formula is C16H15N3. The molecule has 0 saturated carbocycles. The first kappa shape index (κ1) is 11.7. The molecule has 0 spiro atoms. The predicted octanol–water partition coefficient (Wildman–Crippen LogP) is 3.50. The van der Waals surface area contributed by atoms with Crippen LogP contribution in [0, 0.1) is 6.92 Å². The van der Waals surface area contributed by atoms with E-state index in [-0.39, 0.29) is 0 Å². The Morgan fingerprint density at radius 1 is 1.00 bits per heavy atom. The number of anilines is 1. The van der Waals surface area contributed by atoms with Crippen molar-refractivity contribution >= 4 is 16.6 Å². The Kier molecular flexibility index (Phi) is 2.89. The zero-order valence-electron chi connectivity index (χ0n) is 10.7. The molecule has 0 unspecified atom stereocenters. The maximum Gasteiger partial charge on any atom is 0.0730 e. The average molecular weight is 249 g/mol. The second-order valence-electron chi connectivity index (χ2n) is 4.59. The van der Waals surface area contributed by atoms with Crippen LogP contribution in [0.15, 0.2) is 54.6 Å². The summed E-state index contributed by atoms with van der Waals surface area (Å²) in [5.74, 6) is 5.64. The number of nitrogen functional groups attached to an aromatic ring is 1. The number of nitrogens with one attached hydrogen (secondary N) is 1. The van der Waals surface area contributed by atoms with E-state index in [2.05, 4.69) is 24.5 Å². The molecule has 0 bridgehead atoms. The number of rotatable bonds is 2. The zero-order valence-corrected chi connectivity index (χ0v) is 10.7. The van der Waals surface area contributed by atoms with E-state index in [0.29, 0.717) is 0 Å². The van der Waals surface area contributed by atoms with Gasteiger partial charge in [0.15, 0.2) is 0 Å². The number of aryl methyl sites for hydroxylation is 1. The fourth-order valence-corrected chi connectivity index (χ4v) is 2.22. The standard InChI is InChI=1S/C16H15N3/c1-11-7-8-14-13(9-11)16(19-17)10-15(18-14)12-5-3-2-4-6-12/h2-10H,17H2,1H3,(H,18,19). The summed E-state index contributed by atoms with van der Waals surface area (Å²) in [7, 11) is 0. The Morgan fingerprint density at radius 2 is 1.79 bits per heavy atom. The lowest BCUT2D eigenvalue weighted by Gasteiger charge is -2.09. The van der Waals surface area contributed by atoms with E-state index in [4.69, 9.17) is 10.8 Å². The first-order valence-electron chi connectivity index (χ1n) is 6.21. The molecule has 0 saturated heterocycles. The number of pyridine rings is 1. The van der Waals surface area contributed by atoms with Crippen molar-refractivity contribution in [2.75, 3.05) is 5.43 Å². The number of fused-ring (bicyclic) bond motifs is 1. The predicted molar refractivity (Wildman–Crippen MR) is 79.7 cm³/mol. The molecule has 0 radical (unpaired) electrons. The second-order valence-corrected chi connectivity index (χ2v) is 4.59. The van der Waals surface area contributed by atoms with Gasteiger partial charge in [0.25, 0.3) is 0 Å². The molecule has 0 aliphatic carbocycles. The van der Waals surface area contributed by atoms with E-state index in [1.165, 1.54) is 5.56 Å². The van der Waals surface area contributed by atoms with Crippen LogP contribution >= 0.6 is 0 Å². The van der Waals surface area contributed by atoms with Gasteiger partial charge in [0.2, 0.25) is 0 Å². The van der Waals surface area contributed by atoms with Crippen LogP contribution in [0.25, 0.3) is 22.2 Å². The fraction of sp³-hybridized carbons (Fsp3) is 0.0625. The Hall–Kier alpha value is -2.39. The first-order valence-corrected chi connectivity index (χ1v) is 6.21. The van der Waals surface area contributed by atoms with E-state index in [0.717, 1.165) is 27.8 Å². The van der Waals surface area contributed by atoms with Gasteiger partial charge in [-0.1, -0.05) is 42.0 Å². The normalized spacial score (nSPS) is 10.6. The number of nitrogens with zero attached hydrogens (tertiary/aromatic N) is 1. The topological polar surface area (TPSA) is 50.9 Å². The van der Waals surface area contributed by atoms with Crippen molar-refractivity contribution in [1.29, 1.82) is 0 Å². The number of nitrogens with two attached hydrogens (primary N) is 1. The van der Waals surface area contributed by atoms with Gasteiger partial charge in [-0.2, -0.15) is 0 Å². The molecule has 1 aromatic heterocycles. The number of benzene rings is 2. The fourth-order valence-electron chi connectivity index (χ4n) is 2.22. The Bertz CT molecular complexity index is 721. The van der Waals surface area contributed by atoms with Gasteiger partial charge in [0.05, 0.1) is 16.9 Å². The van der Waals surface area contributed by atoms with Gasteiger partial charge in [-0.25, -0.2) is 4.98 Å². The lowest BCUT2D eigenvalue weighted by molar-refractivity contribution is 1.33. The molecule has 3 rings (SSSR count). The van der Waals surface area contributed by atoms with Crippen LogP contribution in [0.2, 0.25) is 0 Å². The maximum atomic E-state index is 5.64. The molecule has 0 fully saturated rings. The highest BCUT2D eigenvalue weighted by atomic mass is 15.2. The van der Waals surface area contributed by atoms with Crippen LogP contribution in [0.1, 0.15) is 5.56 Å². The summed E-state index contributed by atoms with van der Waals surface area (Å²) in [5, 5.41) is 1.04. The number of hydrazine groups is 1. The summed E-state index contributed by atoms with van der Waals surface area (Å²) < 4.78 is 0. The number of hydrogen-bond donors (Lipinski definition) is 2. The van der Waals surface area contributed by atoms with Crippen molar-refractivity contribution in [2.45, 2.75) is 6.92 Å². The van der Waals surface area contributed by atoms with E-state index >= 15 is 0 Å². The highest BCUT2D eigenvalue weighted by Gasteiger charge is 2.06. The lowest BCUT2D eigenvalue weighted by atomic mass is 10.1. The third-order valence-electron chi connectivity index (χ3n) is 3.19. The third-order valence-corrected chi connectivity index (χ3v) is 3.19. The van der Waals surface area contributed by atoms with E-state index in [1.807, 2.05) is 42.5 Å². The minimum Gasteiger partial charge on any atom is -0.323 e. The summed E-state index contributed by atoms with van der Waals surface area (Å²) >= 11 is 0. The molecule has 0 aliphatic rings. The molecule has 0 aliphatic heterocycles. The molecule has 3 nitrogen and oxygen atoms in total. The second kappa shape index (κ2) is 4.71. The van der Waals surface area contributed by atoms with Gasteiger partial charge in [-0.05, 0) is 25.1 Å². The summed E-state index contributed by atoms with van der Waals surface area (Å²) in [4.78, 5) is 4.70.